The summed E-state index contributed by atoms with van der Waals surface area (Å²) >= 11 is 0. The maximum Gasteiger partial charge on any atom is 0.0447 e. The Kier molecular flexibility index (Phi) is 5.59. The molecule has 0 amide bonds. The second-order valence-electron chi connectivity index (χ2n) is 7.53. The Hall–Kier alpha value is -2.52. The number of benzene rings is 1. The first kappa shape index (κ1) is 17.9. The number of rotatable bonds is 5. The van der Waals surface area contributed by atoms with Crippen LogP contribution < -0.4 is 0 Å². The molecular weight excluding hydrogens is 330 g/mol. The molecule has 3 aromatic rings. The fourth-order valence-electron chi connectivity index (χ4n) is 4.03. The molecule has 1 aromatic carbocycles. The van der Waals surface area contributed by atoms with E-state index >= 15 is 0 Å². The number of likely N-dealkylation sites (tertiary alicyclic amines) is 1. The Morgan fingerprint density at radius 3 is 2.70 bits per heavy atom. The van der Waals surface area contributed by atoms with Crippen molar-refractivity contribution in [2.24, 2.45) is 0 Å². The second kappa shape index (κ2) is 8.45. The van der Waals surface area contributed by atoms with Gasteiger partial charge < -0.3 is 0 Å². The largest absolute Gasteiger partial charge is 0.292 e. The van der Waals surface area contributed by atoms with Crippen molar-refractivity contribution in [1.29, 1.82) is 0 Å². The Morgan fingerprint density at radius 1 is 1.00 bits per heavy atom. The molecule has 27 heavy (non-hydrogen) atoms. The molecule has 138 valence electrons. The van der Waals surface area contributed by atoms with Crippen LogP contribution in [-0.2, 0) is 13.0 Å². The van der Waals surface area contributed by atoms with Crippen LogP contribution in [0.3, 0.4) is 0 Å². The summed E-state index contributed by atoms with van der Waals surface area (Å²) < 4.78 is 0. The third kappa shape index (κ3) is 4.42. The predicted molar refractivity (Wildman–Crippen MR) is 109 cm³/mol. The van der Waals surface area contributed by atoms with Crippen LogP contribution in [0, 0.1) is 6.92 Å². The number of hydrogen-bond acceptors (Lipinski definition) is 3. The van der Waals surface area contributed by atoms with Crippen molar-refractivity contribution in [3.8, 4) is 0 Å². The fourth-order valence-corrected chi connectivity index (χ4v) is 4.03. The molecule has 1 fully saturated rings. The lowest BCUT2D eigenvalue weighted by atomic mass is 9.95. The van der Waals surface area contributed by atoms with E-state index < -0.39 is 0 Å². The maximum atomic E-state index is 4.79. The lowest BCUT2D eigenvalue weighted by Crippen LogP contribution is -2.33. The van der Waals surface area contributed by atoms with Crippen molar-refractivity contribution < 1.29 is 0 Å². The molecule has 3 nitrogen and oxygen atoms in total. The molecule has 0 spiro atoms. The molecule has 0 N–H and O–H groups in total. The average molecular weight is 358 g/mol. The Labute approximate surface area is 162 Å². The summed E-state index contributed by atoms with van der Waals surface area (Å²) in [5.41, 5.74) is 6.45. The highest BCUT2D eigenvalue weighted by atomic mass is 15.2. The molecule has 3 heterocycles. The van der Waals surface area contributed by atoms with Crippen molar-refractivity contribution in [2.45, 2.75) is 45.2 Å². The van der Waals surface area contributed by atoms with E-state index in [0.717, 1.165) is 25.2 Å². The lowest BCUT2D eigenvalue weighted by molar-refractivity contribution is 0.140. The van der Waals surface area contributed by atoms with Crippen molar-refractivity contribution in [3.05, 3.63) is 95.1 Å². The van der Waals surface area contributed by atoms with E-state index in [4.69, 9.17) is 4.98 Å². The quantitative estimate of drug-likeness (QED) is 0.636. The first-order valence-electron chi connectivity index (χ1n) is 9.92. The standard InChI is InChI=1S/C24H27N3/c1-19-7-2-3-9-21(19)15-23-12-11-22(17-26-23)24-10-4-5-14-27(24)18-20-8-6-13-25-16-20/h2-3,6-9,11-13,16-17,24H,4-5,10,14-15,18H2,1H3/t24-/m1/s1. The lowest BCUT2D eigenvalue weighted by Gasteiger charge is -2.36. The molecule has 0 bridgehead atoms. The zero-order valence-electron chi connectivity index (χ0n) is 16.0. The molecule has 0 aliphatic carbocycles. The van der Waals surface area contributed by atoms with Gasteiger partial charge in [0, 0.05) is 43.3 Å². The van der Waals surface area contributed by atoms with E-state index in [-0.39, 0.29) is 0 Å². The van der Waals surface area contributed by atoms with Gasteiger partial charge in [0.2, 0.25) is 0 Å². The van der Waals surface area contributed by atoms with Crippen molar-refractivity contribution in [2.75, 3.05) is 6.54 Å². The molecule has 3 heteroatoms. The normalized spacial score (nSPS) is 17.7. The van der Waals surface area contributed by atoms with Gasteiger partial charge in [0.15, 0.2) is 0 Å². The molecule has 1 atom stereocenters. The SMILES string of the molecule is Cc1ccccc1Cc1ccc([C@H]2CCCCN2Cc2cccnc2)cn1. The van der Waals surface area contributed by atoms with Crippen LogP contribution in [0.15, 0.2) is 67.1 Å². The summed E-state index contributed by atoms with van der Waals surface area (Å²) in [6.07, 6.45) is 10.6. The smallest absolute Gasteiger partial charge is 0.0447 e. The van der Waals surface area contributed by atoms with Crippen LogP contribution in [0.25, 0.3) is 0 Å². The Balaban J connectivity index is 1.48. The van der Waals surface area contributed by atoms with Crippen LogP contribution in [0.2, 0.25) is 0 Å². The minimum absolute atomic E-state index is 0.457. The van der Waals surface area contributed by atoms with E-state index in [1.165, 1.54) is 41.5 Å². The van der Waals surface area contributed by atoms with Gasteiger partial charge in [-0.15, -0.1) is 0 Å². The number of hydrogen-bond donors (Lipinski definition) is 0. The van der Waals surface area contributed by atoms with Gasteiger partial charge in [0.1, 0.15) is 0 Å². The highest BCUT2D eigenvalue weighted by Crippen LogP contribution is 2.32. The van der Waals surface area contributed by atoms with Gasteiger partial charge >= 0.3 is 0 Å². The summed E-state index contributed by atoms with van der Waals surface area (Å²) in [5.74, 6) is 0. The molecule has 1 saturated heterocycles. The summed E-state index contributed by atoms with van der Waals surface area (Å²) in [7, 11) is 0. The fraction of sp³-hybridized carbons (Fsp3) is 0.333. The molecule has 1 aliphatic heterocycles. The molecule has 0 saturated carbocycles. The zero-order valence-corrected chi connectivity index (χ0v) is 16.0. The van der Waals surface area contributed by atoms with Crippen LogP contribution in [0.4, 0.5) is 0 Å². The Morgan fingerprint density at radius 2 is 1.93 bits per heavy atom. The van der Waals surface area contributed by atoms with Gasteiger partial charge in [0.25, 0.3) is 0 Å². The highest BCUT2D eigenvalue weighted by Gasteiger charge is 2.24. The summed E-state index contributed by atoms with van der Waals surface area (Å²) in [6.45, 7) is 4.27. The minimum atomic E-state index is 0.457. The van der Waals surface area contributed by atoms with E-state index in [1.807, 2.05) is 18.5 Å². The summed E-state index contributed by atoms with van der Waals surface area (Å²) in [6, 6.07) is 17.7. The van der Waals surface area contributed by atoms with Gasteiger partial charge in [-0.3, -0.25) is 14.9 Å². The highest BCUT2D eigenvalue weighted by molar-refractivity contribution is 5.30. The number of aryl methyl sites for hydroxylation is 1. The first-order chi connectivity index (χ1) is 13.3. The number of aromatic nitrogens is 2. The topological polar surface area (TPSA) is 29.0 Å². The molecule has 2 aromatic heterocycles. The van der Waals surface area contributed by atoms with Crippen molar-refractivity contribution in [1.82, 2.24) is 14.9 Å². The number of pyridine rings is 2. The Bertz CT molecular complexity index is 858. The molecule has 1 aliphatic rings. The van der Waals surface area contributed by atoms with Crippen LogP contribution >= 0.6 is 0 Å². The summed E-state index contributed by atoms with van der Waals surface area (Å²) in [5, 5.41) is 0. The van der Waals surface area contributed by atoms with Crippen LogP contribution in [0.5, 0.6) is 0 Å². The summed E-state index contributed by atoms with van der Waals surface area (Å²) in [4.78, 5) is 11.6. The van der Waals surface area contributed by atoms with Crippen molar-refractivity contribution >= 4 is 0 Å². The van der Waals surface area contributed by atoms with E-state index in [2.05, 4.69) is 65.5 Å². The van der Waals surface area contributed by atoms with Crippen LogP contribution in [-0.4, -0.2) is 21.4 Å². The number of nitrogens with zero attached hydrogens (tertiary/aromatic N) is 3. The number of piperidine rings is 1. The van der Waals surface area contributed by atoms with Gasteiger partial charge in [-0.25, -0.2) is 0 Å². The second-order valence-corrected chi connectivity index (χ2v) is 7.53. The molecular formula is C24H27N3. The monoisotopic (exact) mass is 357 g/mol. The first-order valence-corrected chi connectivity index (χ1v) is 9.92. The van der Waals surface area contributed by atoms with E-state index in [1.54, 1.807) is 0 Å². The predicted octanol–water partition coefficient (Wildman–Crippen LogP) is 5.10. The molecule has 0 radical (unpaired) electrons. The molecule has 0 unspecified atom stereocenters. The van der Waals surface area contributed by atoms with E-state index in [0.29, 0.717) is 6.04 Å². The third-order valence-electron chi connectivity index (χ3n) is 5.59. The van der Waals surface area contributed by atoms with E-state index in [9.17, 15) is 0 Å². The third-order valence-corrected chi connectivity index (χ3v) is 5.59. The van der Waals surface area contributed by atoms with Gasteiger partial charge in [0.05, 0.1) is 0 Å². The van der Waals surface area contributed by atoms with Gasteiger partial charge in [-0.1, -0.05) is 42.8 Å². The van der Waals surface area contributed by atoms with Crippen LogP contribution in [0.1, 0.15) is 53.3 Å². The van der Waals surface area contributed by atoms with Gasteiger partial charge in [-0.05, 0) is 60.7 Å². The molecule has 4 rings (SSSR count). The zero-order chi connectivity index (χ0) is 18.5. The maximum absolute atomic E-state index is 4.79. The van der Waals surface area contributed by atoms with Gasteiger partial charge in [-0.2, -0.15) is 0 Å². The van der Waals surface area contributed by atoms with Crippen molar-refractivity contribution in [3.63, 3.8) is 0 Å². The minimum Gasteiger partial charge on any atom is -0.292 e. The average Bonchev–Trinajstić information content (AvgIpc) is 2.72.